The molecule has 9 heteroatoms. The van der Waals surface area contributed by atoms with Gasteiger partial charge in [0, 0.05) is 11.7 Å². The average Bonchev–Trinajstić information content (AvgIpc) is 2.65. The van der Waals surface area contributed by atoms with Crippen LogP contribution in [0.25, 0.3) is 0 Å². The number of aromatic nitrogens is 1. The van der Waals surface area contributed by atoms with Crippen LogP contribution in [0.15, 0.2) is 18.3 Å². The van der Waals surface area contributed by atoms with Crippen LogP contribution in [0.4, 0.5) is 15.4 Å². The predicted octanol–water partition coefficient (Wildman–Crippen LogP) is 2.80. The maximum absolute atomic E-state index is 12.4. The average molecular weight is 364 g/mol. The largest absolute Gasteiger partial charge is 0.498 e. The molecule has 1 aliphatic heterocycles. The lowest BCUT2D eigenvalue weighted by Crippen LogP contribution is -2.46. The molecule has 2 heterocycles. The fourth-order valence-electron chi connectivity index (χ4n) is 2.31. The highest BCUT2D eigenvalue weighted by molar-refractivity contribution is 6.64. The van der Waals surface area contributed by atoms with E-state index in [0.29, 0.717) is 10.4 Å². The summed E-state index contributed by atoms with van der Waals surface area (Å²) in [6, 6.07) is 3.24. The van der Waals surface area contributed by atoms with E-state index in [2.05, 4.69) is 4.98 Å². The first-order chi connectivity index (χ1) is 11.8. The molecule has 1 fully saturated rings. The maximum atomic E-state index is 12.4. The highest BCUT2D eigenvalue weighted by atomic mass is 16.7. The Kier molecular flexibility index (Phi) is 5.09. The summed E-state index contributed by atoms with van der Waals surface area (Å²) in [4.78, 5) is 28.7. The quantitative estimate of drug-likeness (QED) is 0.806. The van der Waals surface area contributed by atoms with E-state index in [1.165, 1.54) is 6.20 Å². The van der Waals surface area contributed by atoms with Crippen LogP contribution in [0.2, 0.25) is 0 Å². The van der Waals surface area contributed by atoms with Crippen LogP contribution >= 0.6 is 0 Å². The molecule has 142 valence electrons. The molecule has 1 aromatic rings. The van der Waals surface area contributed by atoms with E-state index < -0.39 is 36.1 Å². The summed E-state index contributed by atoms with van der Waals surface area (Å²) in [6.07, 6.45) is -1.15. The van der Waals surface area contributed by atoms with Crippen molar-refractivity contribution < 1.29 is 28.7 Å². The minimum Gasteiger partial charge on any atom is -0.464 e. The number of amides is 2. The Morgan fingerprint density at radius 1 is 1.19 bits per heavy atom. The van der Waals surface area contributed by atoms with Gasteiger partial charge in [-0.15, -0.1) is 0 Å². The van der Waals surface area contributed by atoms with Crippen LogP contribution in [-0.2, 0) is 14.0 Å². The monoisotopic (exact) mass is 364 g/mol. The predicted molar refractivity (Wildman–Crippen MR) is 96.7 cm³/mol. The van der Waals surface area contributed by atoms with Crippen molar-refractivity contribution in [2.75, 3.05) is 4.90 Å². The fraction of sp³-hybridized carbons (Fsp3) is 0.588. The third-order valence-corrected chi connectivity index (χ3v) is 4.30. The number of hydrogen-bond donors (Lipinski definition) is 1. The second kappa shape index (κ2) is 6.55. The Balaban J connectivity index is 2.44. The van der Waals surface area contributed by atoms with Crippen molar-refractivity contribution in [1.29, 1.82) is 0 Å². The molecule has 0 aliphatic carbocycles. The van der Waals surface area contributed by atoms with Gasteiger partial charge in [-0.25, -0.2) is 14.6 Å². The van der Waals surface area contributed by atoms with Gasteiger partial charge in [0.05, 0.1) is 11.2 Å². The van der Waals surface area contributed by atoms with Crippen molar-refractivity contribution in [3.05, 3.63) is 18.3 Å². The van der Waals surface area contributed by atoms with Crippen molar-refractivity contribution >= 4 is 30.6 Å². The number of carboxylic acid groups (broad SMARTS) is 1. The molecule has 8 nitrogen and oxygen atoms in total. The molecule has 2 rings (SSSR count). The highest BCUT2D eigenvalue weighted by Gasteiger charge is 2.53. The molecule has 1 aromatic heterocycles. The van der Waals surface area contributed by atoms with Crippen LogP contribution in [0.5, 0.6) is 0 Å². The van der Waals surface area contributed by atoms with Gasteiger partial charge in [0.15, 0.2) is 0 Å². The Morgan fingerprint density at radius 3 is 2.19 bits per heavy atom. The molecule has 0 aromatic carbocycles. The van der Waals surface area contributed by atoms with Gasteiger partial charge in [0.1, 0.15) is 11.4 Å². The fourth-order valence-corrected chi connectivity index (χ4v) is 2.31. The summed E-state index contributed by atoms with van der Waals surface area (Å²) in [7, 11) is -0.868. The van der Waals surface area contributed by atoms with Crippen molar-refractivity contribution in [3.8, 4) is 0 Å². The van der Waals surface area contributed by atoms with E-state index in [9.17, 15) is 14.7 Å². The normalized spacial score (nSPS) is 18.5. The Bertz CT molecular complexity index is 697. The van der Waals surface area contributed by atoms with Gasteiger partial charge in [-0.3, -0.25) is 0 Å². The molecule has 0 bridgehead atoms. The van der Waals surface area contributed by atoms with Gasteiger partial charge in [0.2, 0.25) is 0 Å². The SMILES string of the molecule is CC(C)(C)OC(=O)N(C(=O)O)c1ncccc1B1OC(C)(C)C(C)(C)O1. The van der Waals surface area contributed by atoms with Gasteiger partial charge >= 0.3 is 19.3 Å². The molecule has 0 atom stereocenters. The molecule has 0 radical (unpaired) electrons. The molecule has 0 saturated carbocycles. The van der Waals surface area contributed by atoms with Crippen LogP contribution in [0.3, 0.4) is 0 Å². The molecule has 1 saturated heterocycles. The van der Waals surface area contributed by atoms with E-state index in [0.717, 1.165) is 0 Å². The molecule has 1 N–H and O–H groups in total. The lowest BCUT2D eigenvalue weighted by Gasteiger charge is -2.32. The van der Waals surface area contributed by atoms with E-state index in [4.69, 9.17) is 14.0 Å². The molecule has 0 spiro atoms. The number of imide groups is 1. The Morgan fingerprint density at radius 2 is 1.73 bits per heavy atom. The first-order valence-corrected chi connectivity index (χ1v) is 8.32. The lowest BCUT2D eigenvalue weighted by molar-refractivity contribution is 0.00578. The smallest absolute Gasteiger partial charge is 0.464 e. The molecular weight excluding hydrogens is 339 g/mol. The standard InChI is InChI=1S/C17H25BN2O6/c1-15(2,3)24-14(23)20(13(21)22)12-11(9-8-10-19-12)18-25-16(4,5)17(6,7)26-18/h8-10H,1-7H3,(H,21,22). The Hall–Kier alpha value is -2.13. The summed E-state index contributed by atoms with van der Waals surface area (Å²) in [5.41, 5.74) is -1.76. The second-order valence-corrected chi connectivity index (χ2v) is 8.10. The summed E-state index contributed by atoms with van der Waals surface area (Å²) < 4.78 is 17.1. The van der Waals surface area contributed by atoms with Crippen LogP contribution in [0, 0.1) is 0 Å². The number of hydrogen-bond acceptors (Lipinski definition) is 6. The minimum atomic E-state index is -1.50. The number of carbonyl (C=O) groups excluding carboxylic acids is 1. The summed E-state index contributed by atoms with van der Waals surface area (Å²) >= 11 is 0. The molecule has 26 heavy (non-hydrogen) atoms. The first-order valence-electron chi connectivity index (χ1n) is 8.32. The zero-order valence-electron chi connectivity index (χ0n) is 16.2. The van der Waals surface area contributed by atoms with Gasteiger partial charge in [-0.2, -0.15) is 4.90 Å². The molecule has 2 amide bonds. The maximum Gasteiger partial charge on any atom is 0.498 e. The zero-order valence-corrected chi connectivity index (χ0v) is 16.2. The summed E-state index contributed by atoms with van der Waals surface area (Å²) in [5, 5.41) is 9.57. The Labute approximate surface area is 153 Å². The zero-order chi connectivity index (χ0) is 19.9. The number of carbonyl (C=O) groups is 2. The second-order valence-electron chi connectivity index (χ2n) is 8.10. The summed E-state index contributed by atoms with van der Waals surface area (Å²) in [6.45, 7) is 12.5. The van der Waals surface area contributed by atoms with Gasteiger partial charge in [0.25, 0.3) is 0 Å². The van der Waals surface area contributed by atoms with Crippen LogP contribution < -0.4 is 10.4 Å². The van der Waals surface area contributed by atoms with Crippen molar-refractivity contribution in [3.63, 3.8) is 0 Å². The van der Waals surface area contributed by atoms with Gasteiger partial charge < -0.3 is 19.2 Å². The minimum absolute atomic E-state index is 0.104. The first kappa shape index (κ1) is 20.2. The van der Waals surface area contributed by atoms with E-state index in [1.54, 1.807) is 32.9 Å². The van der Waals surface area contributed by atoms with Crippen LogP contribution in [0.1, 0.15) is 48.5 Å². The summed E-state index contributed by atoms with van der Waals surface area (Å²) in [5.74, 6) is -0.104. The highest BCUT2D eigenvalue weighted by Crippen LogP contribution is 2.37. The number of rotatable bonds is 2. The van der Waals surface area contributed by atoms with Gasteiger partial charge in [-0.05, 0) is 54.5 Å². The number of nitrogens with zero attached hydrogens (tertiary/aromatic N) is 2. The lowest BCUT2D eigenvalue weighted by atomic mass is 9.79. The van der Waals surface area contributed by atoms with Crippen LogP contribution in [-0.4, -0.2) is 46.2 Å². The number of anilines is 1. The third-order valence-electron chi connectivity index (χ3n) is 4.30. The topological polar surface area (TPSA) is 98.2 Å². The molecule has 0 unspecified atom stereocenters. The van der Waals surface area contributed by atoms with Gasteiger partial charge in [-0.1, -0.05) is 6.07 Å². The van der Waals surface area contributed by atoms with E-state index in [-0.39, 0.29) is 5.82 Å². The third kappa shape index (κ3) is 3.99. The van der Waals surface area contributed by atoms with Crippen molar-refractivity contribution in [1.82, 2.24) is 4.98 Å². The van der Waals surface area contributed by atoms with Crippen molar-refractivity contribution in [2.24, 2.45) is 0 Å². The van der Waals surface area contributed by atoms with E-state index in [1.807, 2.05) is 27.7 Å². The molecular formula is C17H25BN2O6. The van der Waals surface area contributed by atoms with Crippen molar-refractivity contribution in [2.45, 2.75) is 65.3 Å². The molecule has 1 aliphatic rings. The number of pyridine rings is 1. The van der Waals surface area contributed by atoms with E-state index >= 15 is 0 Å². The number of ether oxygens (including phenoxy) is 1.